The Morgan fingerprint density at radius 2 is 2.53 bits per heavy atom. The highest BCUT2D eigenvalue weighted by Gasteiger charge is 2.27. The molecular formula is C13H19N3O3. The molecule has 1 aliphatic heterocycles. The van der Waals surface area contributed by atoms with Gasteiger partial charge in [-0.15, -0.1) is 0 Å². The summed E-state index contributed by atoms with van der Waals surface area (Å²) in [7, 11) is 1.38. The van der Waals surface area contributed by atoms with Gasteiger partial charge >= 0.3 is 5.97 Å². The summed E-state index contributed by atoms with van der Waals surface area (Å²) in [4.78, 5) is 17.8. The molecule has 0 radical (unpaired) electrons. The number of morpholine rings is 1. The largest absolute Gasteiger partial charge is 0.467 e. The molecule has 2 N–H and O–H groups in total. The van der Waals surface area contributed by atoms with E-state index >= 15 is 0 Å². The molecule has 104 valence electrons. The maximum absolute atomic E-state index is 11.5. The maximum atomic E-state index is 11.5. The second-order valence-electron chi connectivity index (χ2n) is 4.48. The van der Waals surface area contributed by atoms with Crippen LogP contribution in [0, 0.1) is 0 Å². The average molecular weight is 265 g/mol. The first-order valence-corrected chi connectivity index (χ1v) is 6.28. The molecule has 1 atom stereocenters. The zero-order chi connectivity index (χ0) is 13.7. The van der Waals surface area contributed by atoms with Gasteiger partial charge in [-0.05, 0) is 17.7 Å². The number of aromatic nitrogens is 1. The molecule has 2 rings (SSSR count). The highest BCUT2D eigenvalue weighted by Crippen LogP contribution is 2.11. The molecule has 1 aromatic heterocycles. The number of hydrogen-bond donors (Lipinski definition) is 1. The van der Waals surface area contributed by atoms with Gasteiger partial charge in [-0.1, -0.05) is 0 Å². The number of methoxy groups -OCH3 is 1. The Bertz CT molecular complexity index is 439. The van der Waals surface area contributed by atoms with Crippen LogP contribution in [-0.2, 0) is 27.4 Å². The molecule has 2 heterocycles. The quantitative estimate of drug-likeness (QED) is 0.767. The van der Waals surface area contributed by atoms with Gasteiger partial charge < -0.3 is 15.2 Å². The topological polar surface area (TPSA) is 77.7 Å². The van der Waals surface area contributed by atoms with E-state index in [0.717, 1.165) is 24.3 Å². The lowest BCUT2D eigenvalue weighted by Crippen LogP contribution is -2.46. The van der Waals surface area contributed by atoms with Crippen LogP contribution in [0.1, 0.15) is 11.3 Å². The predicted octanol–water partition coefficient (Wildman–Crippen LogP) is -0.0859. The molecule has 1 unspecified atom stereocenters. The summed E-state index contributed by atoms with van der Waals surface area (Å²) in [6.45, 7) is 3.07. The third-order valence-corrected chi connectivity index (χ3v) is 3.11. The Balaban J connectivity index is 1.96. The van der Waals surface area contributed by atoms with Crippen LogP contribution >= 0.6 is 0 Å². The van der Waals surface area contributed by atoms with E-state index in [1.807, 2.05) is 12.1 Å². The van der Waals surface area contributed by atoms with E-state index in [-0.39, 0.29) is 5.97 Å². The summed E-state index contributed by atoms with van der Waals surface area (Å²) in [5, 5.41) is 0. The van der Waals surface area contributed by atoms with Gasteiger partial charge in [0.05, 0.1) is 19.4 Å². The molecule has 6 heteroatoms. The molecule has 1 fully saturated rings. The van der Waals surface area contributed by atoms with E-state index < -0.39 is 6.10 Å². The molecule has 6 nitrogen and oxygen atoms in total. The Hall–Kier alpha value is -1.50. The van der Waals surface area contributed by atoms with Crippen LogP contribution in [0.2, 0.25) is 0 Å². The second-order valence-corrected chi connectivity index (χ2v) is 4.48. The summed E-state index contributed by atoms with van der Waals surface area (Å²) >= 11 is 0. The number of nitrogens with two attached hydrogens (primary N) is 1. The normalized spacial score (nSPS) is 20.2. The third kappa shape index (κ3) is 3.73. The Kier molecular flexibility index (Phi) is 4.84. The van der Waals surface area contributed by atoms with E-state index in [2.05, 4.69) is 9.88 Å². The van der Waals surface area contributed by atoms with Gasteiger partial charge in [0.2, 0.25) is 0 Å². The maximum Gasteiger partial charge on any atom is 0.336 e. The fourth-order valence-corrected chi connectivity index (χ4v) is 2.12. The monoisotopic (exact) mass is 265 g/mol. The van der Waals surface area contributed by atoms with Gasteiger partial charge in [0.15, 0.2) is 6.10 Å². The first-order chi connectivity index (χ1) is 9.22. The molecule has 0 spiro atoms. The molecule has 0 aromatic carbocycles. The summed E-state index contributed by atoms with van der Waals surface area (Å²) in [5.41, 5.74) is 7.58. The van der Waals surface area contributed by atoms with Gasteiger partial charge in [-0.3, -0.25) is 9.88 Å². The molecule has 1 aliphatic rings. The van der Waals surface area contributed by atoms with Gasteiger partial charge in [0.1, 0.15) is 0 Å². The number of rotatable bonds is 4. The van der Waals surface area contributed by atoms with Crippen LogP contribution in [-0.4, -0.2) is 48.8 Å². The van der Waals surface area contributed by atoms with Crippen LogP contribution in [0.25, 0.3) is 0 Å². The molecule has 19 heavy (non-hydrogen) atoms. The zero-order valence-electron chi connectivity index (χ0n) is 11.0. The summed E-state index contributed by atoms with van der Waals surface area (Å²) in [5.74, 6) is -0.318. The fourth-order valence-electron chi connectivity index (χ4n) is 2.12. The SMILES string of the molecule is COC(=O)C1CN(Cc2ccnc(CN)c2)CCO1. The minimum Gasteiger partial charge on any atom is -0.467 e. The minimum absolute atomic E-state index is 0.318. The highest BCUT2D eigenvalue weighted by atomic mass is 16.6. The molecule has 1 saturated heterocycles. The first kappa shape index (κ1) is 13.9. The number of hydrogen-bond acceptors (Lipinski definition) is 6. The lowest BCUT2D eigenvalue weighted by atomic mass is 10.2. The lowest BCUT2D eigenvalue weighted by molar-refractivity contribution is -0.160. The molecule has 0 amide bonds. The zero-order valence-corrected chi connectivity index (χ0v) is 11.0. The van der Waals surface area contributed by atoms with Crippen molar-refractivity contribution in [2.75, 3.05) is 26.8 Å². The van der Waals surface area contributed by atoms with Crippen molar-refractivity contribution in [1.82, 2.24) is 9.88 Å². The average Bonchev–Trinajstić information content (AvgIpc) is 2.47. The van der Waals surface area contributed by atoms with E-state index in [1.54, 1.807) is 6.20 Å². The van der Waals surface area contributed by atoms with E-state index in [0.29, 0.717) is 19.7 Å². The smallest absolute Gasteiger partial charge is 0.336 e. The van der Waals surface area contributed by atoms with Crippen LogP contribution in [0.5, 0.6) is 0 Å². The number of ether oxygens (including phenoxy) is 2. The molecule has 0 aliphatic carbocycles. The highest BCUT2D eigenvalue weighted by molar-refractivity contribution is 5.74. The minimum atomic E-state index is -0.491. The predicted molar refractivity (Wildman–Crippen MR) is 69.2 cm³/mol. The van der Waals surface area contributed by atoms with Gasteiger partial charge in [-0.2, -0.15) is 0 Å². The fraction of sp³-hybridized carbons (Fsp3) is 0.538. The van der Waals surface area contributed by atoms with Crippen LogP contribution in [0.4, 0.5) is 0 Å². The summed E-state index contributed by atoms with van der Waals surface area (Å²) in [6.07, 6.45) is 1.27. The molecule has 0 bridgehead atoms. The number of esters is 1. The standard InChI is InChI=1S/C13H19N3O3/c1-18-13(17)12-9-16(4-5-19-12)8-10-2-3-15-11(6-10)7-14/h2-3,6,12H,4-5,7-9,14H2,1H3. The van der Waals surface area contributed by atoms with Gasteiger partial charge in [0.25, 0.3) is 0 Å². The van der Waals surface area contributed by atoms with Crippen molar-refractivity contribution in [3.63, 3.8) is 0 Å². The van der Waals surface area contributed by atoms with Gasteiger partial charge in [-0.25, -0.2) is 4.79 Å². The molecular weight excluding hydrogens is 246 g/mol. The van der Waals surface area contributed by atoms with E-state index in [1.165, 1.54) is 7.11 Å². The van der Waals surface area contributed by atoms with Crippen LogP contribution < -0.4 is 5.73 Å². The van der Waals surface area contributed by atoms with Crippen molar-refractivity contribution in [1.29, 1.82) is 0 Å². The summed E-state index contributed by atoms with van der Waals surface area (Å²) in [6, 6.07) is 3.95. The van der Waals surface area contributed by atoms with Crippen LogP contribution in [0.3, 0.4) is 0 Å². The van der Waals surface area contributed by atoms with Gasteiger partial charge in [0, 0.05) is 32.4 Å². The molecule has 0 saturated carbocycles. The number of carbonyl (C=O) groups excluding carboxylic acids is 1. The number of nitrogens with zero attached hydrogens (tertiary/aromatic N) is 2. The van der Waals surface area contributed by atoms with Crippen molar-refractivity contribution in [3.8, 4) is 0 Å². The second kappa shape index (κ2) is 6.60. The van der Waals surface area contributed by atoms with Crippen molar-refractivity contribution < 1.29 is 14.3 Å². The van der Waals surface area contributed by atoms with Crippen molar-refractivity contribution in [2.45, 2.75) is 19.2 Å². The van der Waals surface area contributed by atoms with E-state index in [4.69, 9.17) is 15.2 Å². The van der Waals surface area contributed by atoms with Crippen LogP contribution in [0.15, 0.2) is 18.3 Å². The first-order valence-electron chi connectivity index (χ1n) is 6.28. The van der Waals surface area contributed by atoms with Crippen molar-refractivity contribution in [3.05, 3.63) is 29.6 Å². The number of carbonyl (C=O) groups is 1. The number of pyridine rings is 1. The Labute approximate surface area is 112 Å². The van der Waals surface area contributed by atoms with Crippen molar-refractivity contribution >= 4 is 5.97 Å². The summed E-state index contributed by atoms with van der Waals surface area (Å²) < 4.78 is 10.1. The lowest BCUT2D eigenvalue weighted by Gasteiger charge is -2.31. The molecule has 1 aromatic rings. The Morgan fingerprint density at radius 1 is 1.68 bits per heavy atom. The third-order valence-electron chi connectivity index (χ3n) is 3.11. The van der Waals surface area contributed by atoms with Crippen molar-refractivity contribution in [2.24, 2.45) is 5.73 Å². The Morgan fingerprint density at radius 3 is 3.26 bits per heavy atom. The van der Waals surface area contributed by atoms with E-state index in [9.17, 15) is 4.79 Å².